The minimum atomic E-state index is -0.322. The molecule has 1 saturated carbocycles. The number of halogens is 1. The van der Waals surface area contributed by atoms with Gasteiger partial charge in [-0.25, -0.2) is 4.79 Å². The molecule has 0 aromatic heterocycles. The first-order valence-electron chi connectivity index (χ1n) is 6.16. The van der Waals surface area contributed by atoms with Crippen LogP contribution in [0.15, 0.2) is 24.3 Å². The van der Waals surface area contributed by atoms with Crippen LogP contribution in [0.2, 0.25) is 0 Å². The lowest BCUT2D eigenvalue weighted by Crippen LogP contribution is -2.16. The molecular formula is C14H17BrO3. The molecule has 18 heavy (non-hydrogen) atoms. The fourth-order valence-electron chi connectivity index (χ4n) is 1.69. The topological polar surface area (TPSA) is 35.5 Å². The molecule has 3 nitrogen and oxygen atoms in total. The zero-order chi connectivity index (χ0) is 13.0. The van der Waals surface area contributed by atoms with Crippen molar-refractivity contribution < 1.29 is 14.3 Å². The minimum Gasteiger partial charge on any atom is -0.492 e. The summed E-state index contributed by atoms with van der Waals surface area (Å²) < 4.78 is 10.8. The maximum absolute atomic E-state index is 11.8. The van der Waals surface area contributed by atoms with Gasteiger partial charge in [0.05, 0.1) is 13.2 Å². The van der Waals surface area contributed by atoms with Gasteiger partial charge in [0, 0.05) is 10.7 Å². The molecular weight excluding hydrogens is 296 g/mol. The van der Waals surface area contributed by atoms with Crippen LogP contribution in [0.25, 0.3) is 0 Å². The van der Waals surface area contributed by atoms with Gasteiger partial charge in [-0.3, -0.25) is 0 Å². The number of ether oxygens (including phenoxy) is 2. The maximum atomic E-state index is 11.8. The average Bonchev–Trinajstić information content (AvgIpc) is 3.18. The van der Waals surface area contributed by atoms with Crippen LogP contribution in [0.4, 0.5) is 0 Å². The van der Waals surface area contributed by atoms with E-state index in [2.05, 4.69) is 15.9 Å². The predicted octanol–water partition coefficient (Wildman–Crippen LogP) is 3.42. The molecule has 0 bridgehead atoms. The second-order valence-electron chi connectivity index (χ2n) is 4.64. The summed E-state index contributed by atoms with van der Waals surface area (Å²) in [5.41, 5.74) is 0.770. The Kier molecular flexibility index (Phi) is 4.27. The van der Waals surface area contributed by atoms with Crippen molar-refractivity contribution in [2.45, 2.75) is 19.8 Å². The highest BCUT2D eigenvalue weighted by atomic mass is 79.9. The molecule has 0 spiro atoms. The van der Waals surface area contributed by atoms with Crippen LogP contribution in [0.3, 0.4) is 0 Å². The van der Waals surface area contributed by atoms with E-state index in [4.69, 9.17) is 9.47 Å². The lowest BCUT2D eigenvalue weighted by molar-refractivity contribution is 0.0520. The first-order valence-corrected chi connectivity index (χ1v) is 7.28. The number of hydrogen-bond acceptors (Lipinski definition) is 3. The molecule has 0 saturated heterocycles. The van der Waals surface area contributed by atoms with E-state index in [-0.39, 0.29) is 11.4 Å². The largest absolute Gasteiger partial charge is 0.492 e. The van der Waals surface area contributed by atoms with Crippen LogP contribution in [0, 0.1) is 5.41 Å². The second-order valence-corrected chi connectivity index (χ2v) is 5.20. The Bertz CT molecular complexity index is 427. The highest BCUT2D eigenvalue weighted by molar-refractivity contribution is 9.09. The third-order valence-electron chi connectivity index (χ3n) is 3.16. The summed E-state index contributed by atoms with van der Waals surface area (Å²) >= 11 is 3.51. The van der Waals surface area contributed by atoms with Crippen LogP contribution < -0.4 is 4.74 Å². The third-order valence-corrected chi connectivity index (χ3v) is 4.35. The van der Waals surface area contributed by atoms with Crippen molar-refractivity contribution >= 4 is 21.9 Å². The second kappa shape index (κ2) is 5.74. The molecule has 0 aliphatic heterocycles. The molecule has 0 radical (unpaired) electrons. The van der Waals surface area contributed by atoms with E-state index in [9.17, 15) is 4.79 Å². The number of para-hydroxylation sites is 1. The van der Waals surface area contributed by atoms with Gasteiger partial charge < -0.3 is 9.47 Å². The summed E-state index contributed by atoms with van der Waals surface area (Å²) in [5.74, 6) is 0.292. The van der Waals surface area contributed by atoms with E-state index in [1.807, 2.05) is 18.2 Å². The highest BCUT2D eigenvalue weighted by Crippen LogP contribution is 2.47. The van der Waals surface area contributed by atoms with Crippen molar-refractivity contribution in [3.63, 3.8) is 0 Å². The fraction of sp³-hybridized carbons (Fsp3) is 0.500. The molecule has 0 N–H and O–H groups in total. The van der Waals surface area contributed by atoms with Gasteiger partial charge in [0.25, 0.3) is 0 Å². The minimum absolute atomic E-state index is 0.266. The number of carbonyl (C=O) groups is 1. The van der Waals surface area contributed by atoms with Gasteiger partial charge in [-0.2, -0.15) is 0 Å². The predicted molar refractivity (Wildman–Crippen MR) is 73.4 cm³/mol. The number of rotatable bonds is 6. The van der Waals surface area contributed by atoms with Gasteiger partial charge >= 0.3 is 5.97 Å². The first-order chi connectivity index (χ1) is 8.71. The summed E-state index contributed by atoms with van der Waals surface area (Å²) in [4.78, 5) is 11.8. The molecule has 1 aliphatic rings. The van der Waals surface area contributed by atoms with E-state index in [1.54, 1.807) is 13.0 Å². The SMILES string of the molecule is CCOC(=O)c1ccccc1OCC1(CBr)CC1. The van der Waals surface area contributed by atoms with E-state index in [1.165, 1.54) is 12.8 Å². The molecule has 0 atom stereocenters. The van der Waals surface area contributed by atoms with Crippen molar-refractivity contribution in [1.29, 1.82) is 0 Å². The Morgan fingerprint density at radius 2 is 2.11 bits per heavy atom. The highest BCUT2D eigenvalue weighted by Gasteiger charge is 2.42. The number of benzene rings is 1. The molecule has 0 heterocycles. The molecule has 4 heteroatoms. The maximum Gasteiger partial charge on any atom is 0.341 e. The third kappa shape index (κ3) is 3.05. The summed E-state index contributed by atoms with van der Waals surface area (Å²) in [6.45, 7) is 2.82. The summed E-state index contributed by atoms with van der Waals surface area (Å²) in [6, 6.07) is 7.24. The smallest absolute Gasteiger partial charge is 0.341 e. The van der Waals surface area contributed by atoms with Crippen molar-refractivity contribution in [3.05, 3.63) is 29.8 Å². The average molecular weight is 313 g/mol. The van der Waals surface area contributed by atoms with Gasteiger partial charge in [0.2, 0.25) is 0 Å². The molecule has 98 valence electrons. The standard InChI is InChI=1S/C14H17BrO3/c1-2-17-13(16)11-5-3-4-6-12(11)18-10-14(9-15)7-8-14/h3-6H,2,7-10H2,1H3. The van der Waals surface area contributed by atoms with Gasteiger partial charge in [-0.1, -0.05) is 28.1 Å². The fourth-order valence-corrected chi connectivity index (χ4v) is 2.42. The zero-order valence-corrected chi connectivity index (χ0v) is 12.0. The lowest BCUT2D eigenvalue weighted by atomic mass is 10.1. The molecule has 1 fully saturated rings. The van der Waals surface area contributed by atoms with Crippen LogP contribution in [0.5, 0.6) is 5.75 Å². The van der Waals surface area contributed by atoms with Gasteiger partial charge in [0.15, 0.2) is 0 Å². The van der Waals surface area contributed by atoms with Crippen molar-refractivity contribution in [2.75, 3.05) is 18.5 Å². The summed E-state index contributed by atoms with van der Waals surface area (Å²) in [7, 11) is 0. The monoisotopic (exact) mass is 312 g/mol. The first kappa shape index (κ1) is 13.4. The number of esters is 1. The number of carbonyl (C=O) groups excluding carboxylic acids is 1. The Hall–Kier alpha value is -1.03. The number of hydrogen-bond donors (Lipinski definition) is 0. The summed E-state index contributed by atoms with van der Waals surface area (Å²) in [5, 5.41) is 0.946. The molecule has 1 aromatic rings. The van der Waals surface area contributed by atoms with Crippen LogP contribution >= 0.6 is 15.9 Å². The Labute approximate surface area is 116 Å². The molecule has 1 aliphatic carbocycles. The van der Waals surface area contributed by atoms with Crippen LogP contribution in [0.1, 0.15) is 30.1 Å². The molecule has 0 unspecified atom stereocenters. The Balaban J connectivity index is 2.05. The zero-order valence-electron chi connectivity index (χ0n) is 10.4. The van der Waals surface area contributed by atoms with Crippen LogP contribution in [-0.4, -0.2) is 24.5 Å². The Morgan fingerprint density at radius 3 is 2.72 bits per heavy atom. The van der Waals surface area contributed by atoms with Gasteiger partial charge in [-0.05, 0) is 31.9 Å². The van der Waals surface area contributed by atoms with E-state index in [0.717, 1.165) is 5.33 Å². The van der Waals surface area contributed by atoms with Crippen molar-refractivity contribution in [1.82, 2.24) is 0 Å². The lowest BCUT2D eigenvalue weighted by Gasteiger charge is -2.15. The summed E-state index contributed by atoms with van der Waals surface area (Å²) in [6.07, 6.45) is 2.36. The number of alkyl halides is 1. The normalized spacial score (nSPS) is 16.1. The molecule has 2 rings (SSSR count). The molecule has 1 aromatic carbocycles. The molecule has 0 amide bonds. The van der Waals surface area contributed by atoms with E-state index in [0.29, 0.717) is 24.5 Å². The Morgan fingerprint density at radius 1 is 1.39 bits per heavy atom. The van der Waals surface area contributed by atoms with Crippen molar-refractivity contribution in [3.8, 4) is 5.75 Å². The van der Waals surface area contributed by atoms with E-state index < -0.39 is 0 Å². The van der Waals surface area contributed by atoms with E-state index >= 15 is 0 Å². The van der Waals surface area contributed by atoms with Crippen molar-refractivity contribution in [2.24, 2.45) is 5.41 Å². The van der Waals surface area contributed by atoms with Crippen LogP contribution in [-0.2, 0) is 4.74 Å². The van der Waals surface area contributed by atoms with Gasteiger partial charge in [0.1, 0.15) is 11.3 Å². The quantitative estimate of drug-likeness (QED) is 0.596. The van der Waals surface area contributed by atoms with Gasteiger partial charge in [-0.15, -0.1) is 0 Å².